The van der Waals surface area contributed by atoms with Crippen molar-refractivity contribution in [3.8, 4) is 5.75 Å². The third-order valence-corrected chi connectivity index (χ3v) is 3.50. The van der Waals surface area contributed by atoms with Crippen LogP contribution < -0.4 is 15.8 Å². The molecule has 0 aliphatic heterocycles. The zero-order valence-electron chi connectivity index (χ0n) is 11.9. The Kier molecular flexibility index (Phi) is 4.70. The number of methoxy groups -OCH3 is 1. The first-order chi connectivity index (χ1) is 10.0. The summed E-state index contributed by atoms with van der Waals surface area (Å²) in [7, 11) is 1.53. The summed E-state index contributed by atoms with van der Waals surface area (Å²) < 4.78 is 5.28. The zero-order chi connectivity index (χ0) is 15.4. The first kappa shape index (κ1) is 15.2. The second kappa shape index (κ2) is 6.50. The minimum atomic E-state index is -0.767. The topological polar surface area (TPSA) is 64.3 Å². The van der Waals surface area contributed by atoms with E-state index < -0.39 is 11.9 Å². The molecule has 0 saturated heterocycles. The lowest BCUT2D eigenvalue weighted by atomic mass is 10.0. The fourth-order valence-electron chi connectivity index (χ4n) is 2.08. The van der Waals surface area contributed by atoms with Gasteiger partial charge in [-0.1, -0.05) is 35.4 Å². The normalized spacial score (nSPS) is 11.8. The van der Waals surface area contributed by atoms with Crippen LogP contribution in [0.5, 0.6) is 5.75 Å². The highest BCUT2D eigenvalue weighted by Gasteiger charge is 2.24. The molecule has 2 rings (SSSR count). The zero-order valence-corrected chi connectivity index (χ0v) is 12.6. The quantitative estimate of drug-likeness (QED) is 0.891. The van der Waals surface area contributed by atoms with Gasteiger partial charge in [-0.2, -0.15) is 0 Å². The standard InChI is InChI=1S/C16H17ClN2O2/c1-10-6-8-11(9-7-10)19-15(16(18)20)14-12(17)4-3-5-13(14)21-2/h3-9,15,19H,1-2H3,(H2,18,20). The van der Waals surface area contributed by atoms with E-state index in [0.717, 1.165) is 11.3 Å². The summed E-state index contributed by atoms with van der Waals surface area (Å²) in [6.45, 7) is 1.99. The Morgan fingerprint density at radius 3 is 2.48 bits per heavy atom. The molecule has 0 saturated carbocycles. The summed E-state index contributed by atoms with van der Waals surface area (Å²) in [5.41, 5.74) is 7.97. The Morgan fingerprint density at radius 2 is 1.90 bits per heavy atom. The van der Waals surface area contributed by atoms with Crippen LogP contribution in [0.15, 0.2) is 42.5 Å². The number of hydrogen-bond acceptors (Lipinski definition) is 3. The van der Waals surface area contributed by atoms with Crippen molar-refractivity contribution in [2.75, 3.05) is 12.4 Å². The SMILES string of the molecule is COc1cccc(Cl)c1C(Nc1ccc(C)cc1)C(N)=O. The number of benzene rings is 2. The van der Waals surface area contributed by atoms with Crippen LogP contribution in [0.3, 0.4) is 0 Å². The van der Waals surface area contributed by atoms with Crippen molar-refractivity contribution in [1.29, 1.82) is 0 Å². The van der Waals surface area contributed by atoms with E-state index in [9.17, 15) is 4.79 Å². The summed E-state index contributed by atoms with van der Waals surface area (Å²) in [6.07, 6.45) is 0. The largest absolute Gasteiger partial charge is 0.496 e. The van der Waals surface area contributed by atoms with Crippen LogP contribution in [0.25, 0.3) is 0 Å². The highest BCUT2D eigenvalue weighted by Crippen LogP contribution is 2.34. The molecule has 2 aromatic rings. The van der Waals surface area contributed by atoms with Crippen molar-refractivity contribution in [3.63, 3.8) is 0 Å². The Labute approximate surface area is 128 Å². The van der Waals surface area contributed by atoms with E-state index in [4.69, 9.17) is 22.1 Å². The highest BCUT2D eigenvalue weighted by atomic mass is 35.5. The van der Waals surface area contributed by atoms with Gasteiger partial charge in [-0.05, 0) is 31.2 Å². The molecule has 0 radical (unpaired) electrons. The Bertz CT molecular complexity index is 641. The van der Waals surface area contributed by atoms with Crippen LogP contribution in [0.2, 0.25) is 5.02 Å². The number of hydrogen-bond donors (Lipinski definition) is 2. The number of nitrogens with one attached hydrogen (secondary N) is 1. The number of carbonyl (C=O) groups excluding carboxylic acids is 1. The van der Waals surface area contributed by atoms with Crippen LogP contribution in [-0.2, 0) is 4.79 Å². The Balaban J connectivity index is 2.40. The number of carbonyl (C=O) groups is 1. The van der Waals surface area contributed by atoms with Crippen LogP contribution in [-0.4, -0.2) is 13.0 Å². The summed E-state index contributed by atoms with van der Waals surface area (Å²) in [5.74, 6) is -0.00659. The maximum Gasteiger partial charge on any atom is 0.244 e. The third kappa shape index (κ3) is 3.47. The second-order valence-corrected chi connectivity index (χ2v) is 5.11. The smallest absolute Gasteiger partial charge is 0.244 e. The van der Waals surface area contributed by atoms with Gasteiger partial charge in [0.15, 0.2) is 0 Å². The molecule has 1 amide bonds. The number of rotatable bonds is 5. The fraction of sp³-hybridized carbons (Fsp3) is 0.188. The highest BCUT2D eigenvalue weighted by molar-refractivity contribution is 6.32. The van der Waals surface area contributed by atoms with E-state index >= 15 is 0 Å². The molecule has 5 heteroatoms. The minimum Gasteiger partial charge on any atom is -0.496 e. The van der Waals surface area contributed by atoms with Gasteiger partial charge in [0.25, 0.3) is 0 Å². The second-order valence-electron chi connectivity index (χ2n) is 4.70. The van der Waals surface area contributed by atoms with Gasteiger partial charge in [0.1, 0.15) is 11.8 Å². The number of primary amides is 1. The van der Waals surface area contributed by atoms with E-state index in [-0.39, 0.29) is 0 Å². The van der Waals surface area contributed by atoms with Gasteiger partial charge in [0.2, 0.25) is 5.91 Å². The number of aryl methyl sites for hydroxylation is 1. The summed E-state index contributed by atoms with van der Waals surface area (Å²) in [6, 6.07) is 12.1. The summed E-state index contributed by atoms with van der Waals surface area (Å²) in [5, 5.41) is 3.53. The lowest BCUT2D eigenvalue weighted by Crippen LogP contribution is -2.28. The lowest BCUT2D eigenvalue weighted by Gasteiger charge is -2.20. The molecular weight excluding hydrogens is 288 g/mol. The van der Waals surface area contributed by atoms with Gasteiger partial charge < -0.3 is 15.8 Å². The molecular formula is C16H17ClN2O2. The van der Waals surface area contributed by atoms with Gasteiger partial charge in [0, 0.05) is 11.3 Å². The van der Waals surface area contributed by atoms with Gasteiger partial charge in [-0.15, -0.1) is 0 Å². The van der Waals surface area contributed by atoms with Gasteiger partial charge in [-0.25, -0.2) is 0 Å². The van der Waals surface area contributed by atoms with Crippen LogP contribution >= 0.6 is 11.6 Å². The molecule has 21 heavy (non-hydrogen) atoms. The third-order valence-electron chi connectivity index (χ3n) is 3.17. The van der Waals surface area contributed by atoms with Crippen molar-refractivity contribution in [2.45, 2.75) is 13.0 Å². The van der Waals surface area contributed by atoms with E-state index in [1.165, 1.54) is 7.11 Å². The van der Waals surface area contributed by atoms with Crippen molar-refractivity contribution in [1.82, 2.24) is 0 Å². The van der Waals surface area contributed by atoms with Gasteiger partial charge >= 0.3 is 0 Å². The average molecular weight is 305 g/mol. The molecule has 0 fully saturated rings. The van der Waals surface area contributed by atoms with E-state index in [1.54, 1.807) is 18.2 Å². The molecule has 0 bridgehead atoms. The number of anilines is 1. The molecule has 0 aliphatic carbocycles. The molecule has 1 atom stereocenters. The summed E-state index contributed by atoms with van der Waals surface area (Å²) >= 11 is 6.21. The Morgan fingerprint density at radius 1 is 1.24 bits per heavy atom. The van der Waals surface area contributed by atoms with Crippen LogP contribution in [0, 0.1) is 6.92 Å². The molecule has 0 aliphatic rings. The molecule has 0 aromatic heterocycles. The first-order valence-corrected chi connectivity index (χ1v) is 6.85. The Hall–Kier alpha value is -2.20. The number of halogens is 1. The van der Waals surface area contributed by atoms with E-state index in [2.05, 4.69) is 5.32 Å². The molecule has 3 N–H and O–H groups in total. The molecule has 0 heterocycles. The number of amides is 1. The molecule has 4 nitrogen and oxygen atoms in total. The van der Waals surface area contributed by atoms with E-state index in [0.29, 0.717) is 16.3 Å². The van der Waals surface area contributed by atoms with Crippen molar-refractivity contribution in [3.05, 3.63) is 58.6 Å². The lowest BCUT2D eigenvalue weighted by molar-refractivity contribution is -0.118. The molecule has 2 aromatic carbocycles. The molecule has 1 unspecified atom stereocenters. The average Bonchev–Trinajstić information content (AvgIpc) is 2.46. The molecule has 0 spiro atoms. The molecule has 110 valence electrons. The maximum absolute atomic E-state index is 11.8. The van der Waals surface area contributed by atoms with Crippen molar-refractivity contribution < 1.29 is 9.53 Å². The monoisotopic (exact) mass is 304 g/mol. The van der Waals surface area contributed by atoms with Crippen molar-refractivity contribution >= 4 is 23.2 Å². The minimum absolute atomic E-state index is 0.428. The maximum atomic E-state index is 11.8. The van der Waals surface area contributed by atoms with E-state index in [1.807, 2.05) is 31.2 Å². The number of nitrogens with two attached hydrogens (primary N) is 1. The van der Waals surface area contributed by atoms with Crippen molar-refractivity contribution in [2.24, 2.45) is 5.73 Å². The van der Waals surface area contributed by atoms with Gasteiger partial charge in [0.05, 0.1) is 12.1 Å². The fourth-order valence-corrected chi connectivity index (χ4v) is 2.35. The predicted molar refractivity (Wildman–Crippen MR) is 84.7 cm³/mol. The first-order valence-electron chi connectivity index (χ1n) is 6.48. The summed E-state index contributed by atoms with van der Waals surface area (Å²) in [4.78, 5) is 11.8. The number of ether oxygens (including phenoxy) is 1. The van der Waals surface area contributed by atoms with Crippen LogP contribution in [0.4, 0.5) is 5.69 Å². The van der Waals surface area contributed by atoms with Crippen LogP contribution in [0.1, 0.15) is 17.2 Å². The predicted octanol–water partition coefficient (Wildman–Crippen LogP) is 3.30. The van der Waals surface area contributed by atoms with Gasteiger partial charge in [-0.3, -0.25) is 4.79 Å².